The van der Waals surface area contributed by atoms with Gasteiger partial charge in [-0.3, -0.25) is 0 Å². The Morgan fingerprint density at radius 2 is 2.12 bits per heavy atom. The van der Waals surface area contributed by atoms with E-state index in [0.717, 1.165) is 51.9 Å². The maximum atomic E-state index is 9.15. The largest absolute Gasteiger partial charge is 0.394 e. The van der Waals surface area contributed by atoms with Gasteiger partial charge in [0, 0.05) is 25.4 Å². The third kappa shape index (κ3) is 4.78. The summed E-state index contributed by atoms with van der Waals surface area (Å²) >= 11 is 0. The third-order valence-electron chi connectivity index (χ3n) is 3.36. The van der Waals surface area contributed by atoms with Crippen LogP contribution in [0, 0.1) is 0 Å². The van der Waals surface area contributed by atoms with Crippen LogP contribution in [0.25, 0.3) is 0 Å². The van der Waals surface area contributed by atoms with E-state index in [1.165, 1.54) is 0 Å². The van der Waals surface area contributed by atoms with Gasteiger partial charge in [0.2, 0.25) is 0 Å². The topological polar surface area (TPSA) is 64.7 Å². The van der Waals surface area contributed by atoms with Crippen molar-refractivity contribution < 1.29 is 14.6 Å². The Morgan fingerprint density at radius 3 is 2.69 bits per heavy atom. The highest BCUT2D eigenvalue weighted by Gasteiger charge is 2.21. The van der Waals surface area contributed by atoms with Crippen LogP contribution in [0.1, 0.15) is 39.0 Å². The number of ether oxygens (including phenoxy) is 2. The summed E-state index contributed by atoms with van der Waals surface area (Å²) < 4.78 is 11.0. The molecule has 0 radical (unpaired) electrons. The SMILES string of the molecule is CCC(N)(CO)CCCOC1CCOCC1. The molecule has 0 spiro atoms. The fourth-order valence-electron chi connectivity index (χ4n) is 1.88. The standard InChI is InChI=1S/C12H25NO3/c1-2-12(13,10-14)6-3-7-16-11-4-8-15-9-5-11/h11,14H,2-10,13H2,1H3. The Balaban J connectivity index is 2.06. The van der Waals surface area contributed by atoms with Crippen molar-refractivity contribution in [1.82, 2.24) is 0 Å². The molecule has 1 aliphatic heterocycles. The molecular weight excluding hydrogens is 206 g/mol. The maximum absolute atomic E-state index is 9.15. The lowest BCUT2D eigenvalue weighted by atomic mass is 9.93. The number of hydrogen-bond donors (Lipinski definition) is 2. The molecule has 96 valence electrons. The molecule has 1 heterocycles. The molecule has 0 bridgehead atoms. The molecule has 3 N–H and O–H groups in total. The molecular formula is C12H25NO3. The fourth-order valence-corrected chi connectivity index (χ4v) is 1.88. The molecule has 1 saturated heterocycles. The molecule has 0 amide bonds. The number of nitrogens with two attached hydrogens (primary N) is 1. The van der Waals surface area contributed by atoms with Crippen LogP contribution in [-0.4, -0.2) is 43.2 Å². The summed E-state index contributed by atoms with van der Waals surface area (Å²) in [4.78, 5) is 0. The van der Waals surface area contributed by atoms with Crippen LogP contribution in [0.15, 0.2) is 0 Å². The molecule has 1 aliphatic rings. The van der Waals surface area contributed by atoms with Gasteiger partial charge < -0.3 is 20.3 Å². The average Bonchev–Trinajstić information content (AvgIpc) is 2.36. The summed E-state index contributed by atoms with van der Waals surface area (Å²) in [6, 6.07) is 0. The molecule has 0 aromatic carbocycles. The van der Waals surface area contributed by atoms with Gasteiger partial charge in [0.25, 0.3) is 0 Å². The van der Waals surface area contributed by atoms with Gasteiger partial charge in [-0.25, -0.2) is 0 Å². The first-order valence-corrected chi connectivity index (χ1v) is 6.29. The summed E-state index contributed by atoms with van der Waals surface area (Å²) in [6.07, 6.45) is 4.91. The van der Waals surface area contributed by atoms with E-state index < -0.39 is 5.54 Å². The minimum Gasteiger partial charge on any atom is -0.394 e. The van der Waals surface area contributed by atoms with Crippen molar-refractivity contribution >= 4 is 0 Å². The predicted molar refractivity (Wildman–Crippen MR) is 63.3 cm³/mol. The molecule has 1 rings (SSSR count). The summed E-state index contributed by atoms with van der Waals surface area (Å²) in [6.45, 7) is 4.44. The van der Waals surface area contributed by atoms with E-state index in [1.54, 1.807) is 0 Å². The predicted octanol–water partition coefficient (Wildman–Crippen LogP) is 1.06. The van der Waals surface area contributed by atoms with Gasteiger partial charge >= 0.3 is 0 Å². The average molecular weight is 231 g/mol. The van der Waals surface area contributed by atoms with Crippen molar-refractivity contribution in [2.24, 2.45) is 5.73 Å². The first kappa shape index (κ1) is 13.9. The van der Waals surface area contributed by atoms with Crippen molar-refractivity contribution in [2.75, 3.05) is 26.4 Å². The van der Waals surface area contributed by atoms with Gasteiger partial charge in [-0.1, -0.05) is 6.92 Å². The zero-order valence-electron chi connectivity index (χ0n) is 10.3. The van der Waals surface area contributed by atoms with E-state index in [1.807, 2.05) is 6.92 Å². The summed E-state index contributed by atoms with van der Waals surface area (Å²) in [5.74, 6) is 0. The smallest absolute Gasteiger partial charge is 0.0619 e. The van der Waals surface area contributed by atoms with E-state index in [9.17, 15) is 0 Å². The monoisotopic (exact) mass is 231 g/mol. The molecule has 0 aromatic heterocycles. The highest BCUT2D eigenvalue weighted by molar-refractivity contribution is 4.81. The number of rotatable bonds is 7. The van der Waals surface area contributed by atoms with Crippen LogP contribution in [0.2, 0.25) is 0 Å². The highest BCUT2D eigenvalue weighted by atomic mass is 16.5. The fraction of sp³-hybridized carbons (Fsp3) is 1.00. The van der Waals surface area contributed by atoms with E-state index in [0.29, 0.717) is 6.10 Å². The van der Waals surface area contributed by atoms with Crippen LogP contribution in [-0.2, 0) is 9.47 Å². The number of aliphatic hydroxyl groups excluding tert-OH is 1. The molecule has 4 heteroatoms. The number of aliphatic hydroxyl groups is 1. The Morgan fingerprint density at radius 1 is 1.44 bits per heavy atom. The molecule has 4 nitrogen and oxygen atoms in total. The molecule has 1 atom stereocenters. The van der Waals surface area contributed by atoms with Gasteiger partial charge in [0.15, 0.2) is 0 Å². The van der Waals surface area contributed by atoms with Crippen molar-refractivity contribution in [3.8, 4) is 0 Å². The van der Waals surface area contributed by atoms with Crippen LogP contribution in [0.5, 0.6) is 0 Å². The molecule has 1 fully saturated rings. The first-order valence-electron chi connectivity index (χ1n) is 6.29. The normalized spacial score (nSPS) is 21.9. The Kier molecular flexibility index (Phi) is 6.28. The van der Waals surface area contributed by atoms with Crippen LogP contribution >= 0.6 is 0 Å². The number of hydrogen-bond acceptors (Lipinski definition) is 4. The van der Waals surface area contributed by atoms with Crippen LogP contribution in [0.3, 0.4) is 0 Å². The van der Waals surface area contributed by atoms with E-state index in [2.05, 4.69) is 0 Å². The summed E-state index contributed by atoms with van der Waals surface area (Å²) in [5, 5.41) is 9.15. The Labute approximate surface area is 98.1 Å². The minimum absolute atomic E-state index is 0.0563. The van der Waals surface area contributed by atoms with Gasteiger partial charge in [0.1, 0.15) is 0 Å². The van der Waals surface area contributed by atoms with Crippen LogP contribution in [0.4, 0.5) is 0 Å². The quantitative estimate of drug-likeness (QED) is 0.643. The van der Waals surface area contributed by atoms with Gasteiger partial charge in [-0.2, -0.15) is 0 Å². The maximum Gasteiger partial charge on any atom is 0.0619 e. The van der Waals surface area contributed by atoms with E-state index in [4.69, 9.17) is 20.3 Å². The second kappa shape index (κ2) is 7.22. The molecule has 0 aliphatic carbocycles. The van der Waals surface area contributed by atoms with Crippen molar-refractivity contribution in [1.29, 1.82) is 0 Å². The van der Waals surface area contributed by atoms with Crippen molar-refractivity contribution in [3.63, 3.8) is 0 Å². The lowest BCUT2D eigenvalue weighted by Gasteiger charge is -2.26. The van der Waals surface area contributed by atoms with E-state index in [-0.39, 0.29) is 6.61 Å². The zero-order chi connectivity index (χ0) is 11.9. The first-order chi connectivity index (χ1) is 7.70. The van der Waals surface area contributed by atoms with Crippen LogP contribution < -0.4 is 5.73 Å². The lowest BCUT2D eigenvalue weighted by molar-refractivity contribution is -0.0340. The molecule has 1 unspecified atom stereocenters. The Hall–Kier alpha value is -0.160. The second-order valence-corrected chi connectivity index (χ2v) is 4.66. The zero-order valence-corrected chi connectivity index (χ0v) is 10.3. The van der Waals surface area contributed by atoms with Crippen molar-refractivity contribution in [2.45, 2.75) is 50.7 Å². The van der Waals surface area contributed by atoms with Gasteiger partial charge in [-0.15, -0.1) is 0 Å². The Bertz CT molecular complexity index is 177. The summed E-state index contributed by atoms with van der Waals surface area (Å²) in [5.41, 5.74) is 5.57. The molecule has 0 aromatic rings. The highest BCUT2D eigenvalue weighted by Crippen LogP contribution is 2.15. The molecule has 16 heavy (non-hydrogen) atoms. The van der Waals surface area contributed by atoms with Gasteiger partial charge in [-0.05, 0) is 32.1 Å². The van der Waals surface area contributed by atoms with Gasteiger partial charge in [0.05, 0.1) is 12.7 Å². The van der Waals surface area contributed by atoms with Crippen molar-refractivity contribution in [3.05, 3.63) is 0 Å². The lowest BCUT2D eigenvalue weighted by Crippen LogP contribution is -2.43. The second-order valence-electron chi connectivity index (χ2n) is 4.66. The molecule has 0 saturated carbocycles. The summed E-state index contributed by atoms with van der Waals surface area (Å²) in [7, 11) is 0. The third-order valence-corrected chi connectivity index (χ3v) is 3.36. The minimum atomic E-state index is -0.418. The van der Waals surface area contributed by atoms with E-state index >= 15 is 0 Å².